The minimum absolute atomic E-state index is 0.0510. The third-order valence-corrected chi connectivity index (χ3v) is 6.06. The van der Waals surface area contributed by atoms with Crippen molar-refractivity contribution in [2.24, 2.45) is 0 Å². The third kappa shape index (κ3) is 4.81. The Morgan fingerprint density at radius 1 is 1.07 bits per heavy atom. The first-order valence-electron chi connectivity index (χ1n) is 9.25. The molecule has 2 amide bonds. The summed E-state index contributed by atoms with van der Waals surface area (Å²) in [5.41, 5.74) is 3.31. The van der Waals surface area contributed by atoms with E-state index in [4.69, 9.17) is 11.6 Å². The monoisotopic (exact) mass is 422 g/mol. The number of hydrogen-bond donors (Lipinski definition) is 2. The van der Waals surface area contributed by atoms with Crippen LogP contribution in [0, 0.1) is 0 Å². The van der Waals surface area contributed by atoms with Crippen molar-refractivity contribution in [1.29, 1.82) is 0 Å². The number of nitrogens with one attached hydrogen (secondary N) is 2. The van der Waals surface area contributed by atoms with E-state index in [0.29, 0.717) is 28.4 Å². The average molecular weight is 423 g/mol. The fourth-order valence-electron chi connectivity index (χ4n) is 3.26. The van der Waals surface area contributed by atoms with Gasteiger partial charge in [-0.1, -0.05) is 54.1 Å². The van der Waals surface area contributed by atoms with Crippen LogP contribution in [0.2, 0.25) is 5.02 Å². The highest BCUT2D eigenvalue weighted by atomic mass is 35.5. The summed E-state index contributed by atoms with van der Waals surface area (Å²) in [6, 6.07) is 22.7. The number of hydrogen-bond acceptors (Lipinski definition) is 3. The van der Waals surface area contributed by atoms with Crippen molar-refractivity contribution in [3.63, 3.8) is 0 Å². The number of carbonyl (C=O) groups is 2. The third-order valence-electron chi connectivity index (χ3n) is 4.73. The van der Waals surface area contributed by atoms with Crippen LogP contribution in [-0.2, 0) is 11.2 Å². The minimum atomic E-state index is -0.190. The molecular weight excluding hydrogens is 404 g/mol. The molecule has 0 saturated carbocycles. The standard InChI is InChI=1S/C23H19ClN2O2S/c24-18-9-6-15(7-10-18)12-19(16-4-2-1-3-5-16)26-23(28)17-8-11-21-20(13-17)25-22(27)14-29-21/h1-11,13,19H,12,14H2,(H,25,27)(H,26,28). The fourth-order valence-corrected chi connectivity index (χ4v) is 4.17. The molecule has 0 aliphatic carbocycles. The molecule has 0 fully saturated rings. The number of rotatable bonds is 5. The molecule has 1 aliphatic rings. The normalized spacial score (nSPS) is 13.9. The molecule has 146 valence electrons. The van der Waals surface area contributed by atoms with E-state index in [1.165, 1.54) is 11.8 Å². The van der Waals surface area contributed by atoms with E-state index in [-0.39, 0.29) is 17.9 Å². The molecule has 3 aromatic rings. The summed E-state index contributed by atoms with van der Waals surface area (Å²) >= 11 is 7.47. The highest BCUT2D eigenvalue weighted by Crippen LogP contribution is 2.32. The molecule has 0 saturated heterocycles. The Bertz CT molecular complexity index is 1040. The number of halogens is 1. The molecule has 0 bridgehead atoms. The van der Waals surface area contributed by atoms with Crippen molar-refractivity contribution in [3.8, 4) is 0 Å². The molecule has 4 rings (SSSR count). The van der Waals surface area contributed by atoms with Crippen LogP contribution in [0.3, 0.4) is 0 Å². The Balaban J connectivity index is 1.57. The molecule has 1 heterocycles. The zero-order valence-corrected chi connectivity index (χ0v) is 17.1. The van der Waals surface area contributed by atoms with Crippen molar-refractivity contribution in [3.05, 3.63) is 94.5 Å². The second-order valence-corrected chi connectivity index (χ2v) is 8.27. The maximum Gasteiger partial charge on any atom is 0.251 e. The van der Waals surface area contributed by atoms with Gasteiger partial charge in [-0.3, -0.25) is 9.59 Å². The number of anilines is 1. The number of carbonyl (C=O) groups excluding carboxylic acids is 2. The lowest BCUT2D eigenvalue weighted by molar-refractivity contribution is -0.113. The van der Waals surface area contributed by atoms with Gasteiger partial charge >= 0.3 is 0 Å². The molecule has 0 aromatic heterocycles. The molecule has 0 radical (unpaired) electrons. The molecule has 0 spiro atoms. The lowest BCUT2D eigenvalue weighted by Gasteiger charge is -2.21. The number of amides is 2. The maximum atomic E-state index is 13.0. The molecule has 29 heavy (non-hydrogen) atoms. The molecular formula is C23H19ClN2O2S. The predicted octanol–water partition coefficient (Wildman–Crippen LogP) is 5.10. The van der Waals surface area contributed by atoms with Crippen molar-refractivity contribution >= 4 is 40.9 Å². The van der Waals surface area contributed by atoms with Crippen LogP contribution >= 0.6 is 23.4 Å². The molecule has 1 unspecified atom stereocenters. The molecule has 1 aliphatic heterocycles. The van der Waals surface area contributed by atoms with Crippen LogP contribution in [0.1, 0.15) is 27.5 Å². The lowest BCUT2D eigenvalue weighted by Crippen LogP contribution is -2.30. The number of fused-ring (bicyclic) bond motifs is 1. The van der Waals surface area contributed by atoms with Gasteiger partial charge in [0.25, 0.3) is 5.91 Å². The van der Waals surface area contributed by atoms with Crippen LogP contribution in [0.4, 0.5) is 5.69 Å². The van der Waals surface area contributed by atoms with E-state index in [0.717, 1.165) is 16.0 Å². The number of thioether (sulfide) groups is 1. The smallest absolute Gasteiger partial charge is 0.251 e. The van der Waals surface area contributed by atoms with Gasteiger partial charge in [0, 0.05) is 15.5 Å². The van der Waals surface area contributed by atoms with Gasteiger partial charge in [-0.15, -0.1) is 11.8 Å². The Hall–Kier alpha value is -2.76. The van der Waals surface area contributed by atoms with Gasteiger partial charge in [-0.05, 0) is 47.9 Å². The first-order valence-corrected chi connectivity index (χ1v) is 10.6. The lowest BCUT2D eigenvalue weighted by atomic mass is 9.98. The highest BCUT2D eigenvalue weighted by molar-refractivity contribution is 8.00. The average Bonchev–Trinajstić information content (AvgIpc) is 2.74. The summed E-state index contributed by atoms with van der Waals surface area (Å²) in [5.74, 6) is 0.167. The zero-order chi connectivity index (χ0) is 20.2. The molecule has 2 N–H and O–H groups in total. The number of benzene rings is 3. The van der Waals surface area contributed by atoms with E-state index in [1.807, 2.05) is 60.7 Å². The molecule has 6 heteroatoms. The summed E-state index contributed by atoms with van der Waals surface area (Å²) in [7, 11) is 0. The van der Waals surface area contributed by atoms with Crippen LogP contribution in [-0.4, -0.2) is 17.6 Å². The topological polar surface area (TPSA) is 58.2 Å². The Morgan fingerprint density at radius 2 is 1.83 bits per heavy atom. The van der Waals surface area contributed by atoms with E-state index in [9.17, 15) is 9.59 Å². The first-order chi connectivity index (χ1) is 14.1. The Labute approximate surface area is 178 Å². The van der Waals surface area contributed by atoms with Crippen molar-refractivity contribution < 1.29 is 9.59 Å². The first kappa shape index (κ1) is 19.6. The van der Waals surface area contributed by atoms with E-state index >= 15 is 0 Å². The summed E-state index contributed by atoms with van der Waals surface area (Å²) in [6.45, 7) is 0. The van der Waals surface area contributed by atoms with E-state index in [2.05, 4.69) is 10.6 Å². The van der Waals surface area contributed by atoms with Crippen LogP contribution in [0.25, 0.3) is 0 Å². The van der Waals surface area contributed by atoms with Crippen LogP contribution < -0.4 is 10.6 Å². The maximum absolute atomic E-state index is 13.0. The van der Waals surface area contributed by atoms with Crippen LogP contribution in [0.15, 0.2) is 77.7 Å². The summed E-state index contributed by atoms with van der Waals surface area (Å²) in [4.78, 5) is 25.6. The van der Waals surface area contributed by atoms with E-state index in [1.54, 1.807) is 12.1 Å². The molecule has 1 atom stereocenters. The van der Waals surface area contributed by atoms with Crippen molar-refractivity contribution in [2.45, 2.75) is 17.4 Å². The fraction of sp³-hybridized carbons (Fsp3) is 0.130. The van der Waals surface area contributed by atoms with Gasteiger partial charge in [0.1, 0.15) is 0 Å². The zero-order valence-electron chi connectivity index (χ0n) is 15.5. The van der Waals surface area contributed by atoms with Crippen LogP contribution in [0.5, 0.6) is 0 Å². The molecule has 3 aromatic carbocycles. The van der Waals surface area contributed by atoms with Gasteiger partial charge in [-0.25, -0.2) is 0 Å². The molecule has 4 nitrogen and oxygen atoms in total. The highest BCUT2D eigenvalue weighted by Gasteiger charge is 2.20. The van der Waals surface area contributed by atoms with Crippen molar-refractivity contribution in [2.75, 3.05) is 11.1 Å². The Morgan fingerprint density at radius 3 is 2.59 bits per heavy atom. The summed E-state index contributed by atoms with van der Waals surface area (Å²) in [6.07, 6.45) is 0.643. The van der Waals surface area contributed by atoms with Crippen molar-refractivity contribution in [1.82, 2.24) is 5.32 Å². The minimum Gasteiger partial charge on any atom is -0.345 e. The predicted molar refractivity (Wildman–Crippen MR) is 118 cm³/mol. The quantitative estimate of drug-likeness (QED) is 0.601. The van der Waals surface area contributed by atoms with Gasteiger partial charge in [-0.2, -0.15) is 0 Å². The second kappa shape index (κ2) is 8.72. The summed E-state index contributed by atoms with van der Waals surface area (Å²) in [5, 5.41) is 6.66. The van der Waals surface area contributed by atoms with Gasteiger partial charge < -0.3 is 10.6 Å². The van der Waals surface area contributed by atoms with Gasteiger partial charge in [0.2, 0.25) is 5.91 Å². The Kier molecular flexibility index (Phi) is 5.88. The SMILES string of the molecule is O=C1CSc2ccc(C(=O)NC(Cc3ccc(Cl)cc3)c3ccccc3)cc2N1. The second-order valence-electron chi connectivity index (χ2n) is 6.82. The summed E-state index contributed by atoms with van der Waals surface area (Å²) < 4.78 is 0. The largest absolute Gasteiger partial charge is 0.345 e. The van der Waals surface area contributed by atoms with Gasteiger partial charge in [0.15, 0.2) is 0 Å². The van der Waals surface area contributed by atoms with E-state index < -0.39 is 0 Å². The van der Waals surface area contributed by atoms with Gasteiger partial charge in [0.05, 0.1) is 17.5 Å².